The Morgan fingerprint density at radius 1 is 1.18 bits per heavy atom. The Labute approximate surface area is 126 Å². The van der Waals surface area contributed by atoms with Crippen LogP contribution in [-0.4, -0.2) is 30.8 Å². The Bertz CT molecular complexity index is 869. The minimum Gasteiger partial charge on any atom is -0.478 e. The van der Waals surface area contributed by atoms with Crippen molar-refractivity contribution in [3.05, 3.63) is 53.5 Å². The van der Waals surface area contributed by atoms with Crippen LogP contribution < -0.4 is 0 Å². The van der Waals surface area contributed by atoms with Gasteiger partial charge in [-0.15, -0.1) is 0 Å². The lowest BCUT2D eigenvalue weighted by Crippen LogP contribution is -1.96. The summed E-state index contributed by atoms with van der Waals surface area (Å²) in [7, 11) is 1.87. The lowest BCUT2D eigenvalue weighted by molar-refractivity contribution is 0.0697. The van der Waals surface area contributed by atoms with Crippen molar-refractivity contribution in [2.24, 2.45) is 7.05 Å². The van der Waals surface area contributed by atoms with E-state index in [4.69, 9.17) is 5.11 Å². The maximum atomic E-state index is 10.9. The molecule has 1 saturated carbocycles. The summed E-state index contributed by atoms with van der Waals surface area (Å²) in [4.78, 5) is 19.6. The summed E-state index contributed by atoms with van der Waals surface area (Å²) in [6.45, 7) is 0. The largest absolute Gasteiger partial charge is 0.478 e. The number of fused-ring (bicyclic) bond motifs is 1. The number of hydrogen-bond acceptors (Lipinski definition) is 4. The Morgan fingerprint density at radius 3 is 2.64 bits per heavy atom. The fraction of sp³-hybridized carbons (Fsp3) is 0.250. The molecule has 3 aromatic rings. The number of nitrogens with zero attached hydrogens (tertiary/aromatic N) is 4. The van der Waals surface area contributed by atoms with Gasteiger partial charge in [0.2, 0.25) is 0 Å². The number of carboxylic acid groups (broad SMARTS) is 1. The summed E-state index contributed by atoms with van der Waals surface area (Å²) in [6.07, 6.45) is 4.37. The molecule has 110 valence electrons. The monoisotopic (exact) mass is 294 g/mol. The molecule has 4 rings (SSSR count). The first-order valence-corrected chi connectivity index (χ1v) is 7.12. The highest BCUT2D eigenvalue weighted by Gasteiger charge is 2.42. The SMILES string of the molecule is Cn1nc(C2CC2c2ccc(C(=O)O)cc2)c2nccnc21. The maximum absolute atomic E-state index is 10.9. The van der Waals surface area contributed by atoms with Gasteiger partial charge in [0.15, 0.2) is 5.65 Å². The zero-order valence-electron chi connectivity index (χ0n) is 12.0. The van der Waals surface area contributed by atoms with E-state index in [2.05, 4.69) is 15.1 Å². The first kappa shape index (κ1) is 12.9. The third-order valence-corrected chi connectivity index (χ3v) is 4.21. The standard InChI is InChI=1S/C16H14N4O2/c1-20-15-14(17-6-7-18-15)13(19-20)12-8-11(12)9-2-4-10(5-3-9)16(21)22/h2-7,11-12H,8H2,1H3,(H,21,22). The molecular weight excluding hydrogens is 280 g/mol. The highest BCUT2D eigenvalue weighted by molar-refractivity contribution is 5.87. The lowest BCUT2D eigenvalue weighted by Gasteiger charge is -2.00. The maximum Gasteiger partial charge on any atom is 0.335 e. The molecule has 1 N–H and O–H groups in total. The van der Waals surface area contributed by atoms with E-state index in [0.29, 0.717) is 17.4 Å². The van der Waals surface area contributed by atoms with Gasteiger partial charge >= 0.3 is 5.97 Å². The van der Waals surface area contributed by atoms with Gasteiger partial charge in [-0.2, -0.15) is 5.10 Å². The van der Waals surface area contributed by atoms with Crippen molar-refractivity contribution in [3.8, 4) is 0 Å². The van der Waals surface area contributed by atoms with Crippen molar-refractivity contribution in [2.45, 2.75) is 18.3 Å². The fourth-order valence-corrected chi connectivity index (χ4v) is 2.99. The number of hydrogen-bond donors (Lipinski definition) is 1. The molecule has 1 fully saturated rings. The van der Waals surface area contributed by atoms with E-state index < -0.39 is 5.97 Å². The van der Waals surface area contributed by atoms with Gasteiger partial charge in [-0.25, -0.2) is 19.4 Å². The quantitative estimate of drug-likeness (QED) is 0.801. The number of carboxylic acids is 1. The summed E-state index contributed by atoms with van der Waals surface area (Å²) in [5.74, 6) is -0.191. The average Bonchev–Trinajstić information content (AvgIpc) is 3.26. The van der Waals surface area contributed by atoms with Crippen molar-refractivity contribution in [1.29, 1.82) is 0 Å². The summed E-state index contributed by atoms with van der Waals surface area (Å²) >= 11 is 0. The molecule has 0 aliphatic heterocycles. The topological polar surface area (TPSA) is 80.9 Å². The highest BCUT2D eigenvalue weighted by Crippen LogP contribution is 2.55. The molecule has 6 heteroatoms. The average molecular weight is 294 g/mol. The summed E-state index contributed by atoms with van der Waals surface area (Å²) < 4.78 is 1.76. The molecule has 0 saturated heterocycles. The molecule has 2 aromatic heterocycles. The van der Waals surface area contributed by atoms with E-state index in [9.17, 15) is 4.79 Å². The third-order valence-electron chi connectivity index (χ3n) is 4.21. The molecule has 1 aliphatic carbocycles. The van der Waals surface area contributed by atoms with Crippen molar-refractivity contribution in [3.63, 3.8) is 0 Å². The van der Waals surface area contributed by atoms with Crippen LogP contribution in [0.3, 0.4) is 0 Å². The molecule has 2 heterocycles. The molecule has 6 nitrogen and oxygen atoms in total. The zero-order chi connectivity index (χ0) is 15.3. The van der Waals surface area contributed by atoms with Crippen LogP contribution in [0.5, 0.6) is 0 Å². The molecule has 2 atom stereocenters. The molecule has 0 bridgehead atoms. The second-order valence-corrected chi connectivity index (χ2v) is 5.61. The predicted octanol–water partition coefficient (Wildman–Crippen LogP) is 2.33. The summed E-state index contributed by atoms with van der Waals surface area (Å²) in [5.41, 5.74) is 4.11. The zero-order valence-corrected chi connectivity index (χ0v) is 12.0. The fourth-order valence-electron chi connectivity index (χ4n) is 2.99. The Morgan fingerprint density at radius 2 is 1.91 bits per heavy atom. The van der Waals surface area contributed by atoms with Crippen LogP contribution in [0.25, 0.3) is 11.2 Å². The number of rotatable bonds is 3. The van der Waals surface area contributed by atoms with Crippen LogP contribution in [0.4, 0.5) is 0 Å². The van der Waals surface area contributed by atoms with E-state index in [0.717, 1.165) is 28.8 Å². The van der Waals surface area contributed by atoms with E-state index >= 15 is 0 Å². The molecule has 22 heavy (non-hydrogen) atoms. The Hall–Kier alpha value is -2.76. The van der Waals surface area contributed by atoms with Gasteiger partial charge < -0.3 is 5.11 Å². The van der Waals surface area contributed by atoms with Crippen LogP contribution in [-0.2, 0) is 7.05 Å². The number of carbonyl (C=O) groups is 1. The van der Waals surface area contributed by atoms with E-state index in [1.54, 1.807) is 29.2 Å². The Balaban J connectivity index is 1.64. The van der Waals surface area contributed by atoms with E-state index in [1.807, 2.05) is 19.2 Å². The first-order valence-electron chi connectivity index (χ1n) is 7.12. The van der Waals surface area contributed by atoms with Crippen LogP contribution in [0.15, 0.2) is 36.7 Å². The molecule has 2 unspecified atom stereocenters. The number of aromatic carboxylic acids is 1. The highest BCUT2D eigenvalue weighted by atomic mass is 16.4. The second-order valence-electron chi connectivity index (χ2n) is 5.61. The van der Waals surface area contributed by atoms with Gasteiger partial charge in [-0.1, -0.05) is 12.1 Å². The molecular formula is C16H14N4O2. The first-order chi connectivity index (χ1) is 10.6. The summed E-state index contributed by atoms with van der Waals surface area (Å²) in [5, 5.41) is 13.5. The van der Waals surface area contributed by atoms with Gasteiger partial charge in [-0.05, 0) is 30.0 Å². The number of benzene rings is 1. The molecule has 1 aliphatic rings. The molecule has 0 spiro atoms. The van der Waals surface area contributed by atoms with E-state index in [1.165, 1.54) is 0 Å². The van der Waals surface area contributed by atoms with Crippen molar-refractivity contribution in [1.82, 2.24) is 19.7 Å². The smallest absolute Gasteiger partial charge is 0.335 e. The number of aryl methyl sites for hydroxylation is 1. The predicted molar refractivity (Wildman–Crippen MR) is 79.8 cm³/mol. The van der Waals surface area contributed by atoms with Crippen LogP contribution in [0.1, 0.15) is 39.9 Å². The van der Waals surface area contributed by atoms with Crippen molar-refractivity contribution in [2.75, 3.05) is 0 Å². The van der Waals surface area contributed by atoms with Crippen LogP contribution in [0.2, 0.25) is 0 Å². The van der Waals surface area contributed by atoms with Gasteiger partial charge in [-0.3, -0.25) is 0 Å². The third kappa shape index (κ3) is 1.95. The summed E-state index contributed by atoms with van der Waals surface area (Å²) in [6, 6.07) is 7.10. The van der Waals surface area contributed by atoms with Gasteiger partial charge in [0.1, 0.15) is 5.52 Å². The van der Waals surface area contributed by atoms with Gasteiger partial charge in [0.05, 0.1) is 11.3 Å². The normalized spacial score (nSPS) is 20.2. The van der Waals surface area contributed by atoms with Crippen LogP contribution >= 0.6 is 0 Å². The lowest BCUT2D eigenvalue weighted by atomic mass is 10.1. The molecule has 0 radical (unpaired) electrons. The van der Waals surface area contributed by atoms with Gasteiger partial charge in [0, 0.05) is 25.4 Å². The van der Waals surface area contributed by atoms with Crippen molar-refractivity contribution >= 4 is 17.1 Å². The van der Waals surface area contributed by atoms with Crippen molar-refractivity contribution < 1.29 is 9.90 Å². The molecule has 0 amide bonds. The van der Waals surface area contributed by atoms with Crippen LogP contribution in [0, 0.1) is 0 Å². The number of aromatic nitrogens is 4. The van der Waals surface area contributed by atoms with Gasteiger partial charge in [0.25, 0.3) is 0 Å². The minimum absolute atomic E-state index is 0.315. The minimum atomic E-state index is -0.898. The molecule has 1 aromatic carbocycles. The van der Waals surface area contributed by atoms with E-state index in [-0.39, 0.29) is 0 Å². The second kappa shape index (κ2) is 4.62. The Kier molecular flexibility index (Phi) is 2.72.